The van der Waals surface area contributed by atoms with E-state index in [2.05, 4.69) is 24.2 Å². The lowest BCUT2D eigenvalue weighted by Gasteiger charge is -2.00. The van der Waals surface area contributed by atoms with Gasteiger partial charge in [-0.25, -0.2) is 4.79 Å². The first kappa shape index (κ1) is 20.7. The molecule has 0 fully saturated rings. The van der Waals surface area contributed by atoms with E-state index in [0.717, 1.165) is 32.1 Å². The number of allylic oxidation sites excluding steroid dienone is 2. The second-order valence-electron chi connectivity index (χ2n) is 5.83. The van der Waals surface area contributed by atoms with Crippen molar-refractivity contribution in [1.82, 2.24) is 0 Å². The number of hydrogen-bond donors (Lipinski definition) is 2. The molecule has 0 saturated carbocycles. The molecule has 0 saturated heterocycles. The van der Waals surface area contributed by atoms with Gasteiger partial charge >= 0.3 is 5.97 Å². The smallest absolute Gasteiger partial charge is 0.353 e. The number of aliphatic carboxylic acids is 1. The minimum atomic E-state index is -1.12. The summed E-state index contributed by atoms with van der Waals surface area (Å²) < 4.78 is 0. The Morgan fingerprint density at radius 1 is 0.864 bits per heavy atom. The maximum absolute atomic E-state index is 10.6. The van der Waals surface area contributed by atoms with E-state index in [4.69, 9.17) is 10.3 Å². The second kappa shape index (κ2) is 16.1. The summed E-state index contributed by atoms with van der Waals surface area (Å²) in [5.41, 5.74) is -0.140. The lowest BCUT2D eigenvalue weighted by Crippen LogP contribution is -2.12. The Bertz CT molecular complexity index is 324. The Kier molecular flexibility index (Phi) is 15.1. The highest BCUT2D eigenvalue weighted by Crippen LogP contribution is 2.09. The molecule has 0 aromatic heterocycles. The van der Waals surface area contributed by atoms with E-state index in [-0.39, 0.29) is 5.71 Å². The van der Waals surface area contributed by atoms with Crippen molar-refractivity contribution in [2.45, 2.75) is 90.4 Å². The third-order valence-electron chi connectivity index (χ3n) is 3.79. The van der Waals surface area contributed by atoms with Crippen molar-refractivity contribution in [3.8, 4) is 0 Å². The van der Waals surface area contributed by atoms with Gasteiger partial charge in [-0.2, -0.15) is 0 Å². The Morgan fingerprint density at radius 3 is 1.86 bits per heavy atom. The van der Waals surface area contributed by atoms with Crippen LogP contribution in [0.4, 0.5) is 0 Å². The summed E-state index contributed by atoms with van der Waals surface area (Å²) in [5.74, 6) is -1.12. The third kappa shape index (κ3) is 13.7. The molecule has 0 amide bonds. The molecule has 128 valence electrons. The van der Waals surface area contributed by atoms with Crippen molar-refractivity contribution >= 4 is 11.7 Å². The highest BCUT2D eigenvalue weighted by atomic mass is 16.4. The van der Waals surface area contributed by atoms with E-state index in [1.165, 1.54) is 44.9 Å². The van der Waals surface area contributed by atoms with Crippen LogP contribution in [0.15, 0.2) is 17.3 Å². The molecule has 0 bridgehead atoms. The van der Waals surface area contributed by atoms with Gasteiger partial charge in [-0.3, -0.25) is 0 Å². The molecule has 0 radical (unpaired) electrons. The molecule has 4 heteroatoms. The van der Waals surface area contributed by atoms with Gasteiger partial charge < -0.3 is 10.3 Å². The van der Waals surface area contributed by atoms with Gasteiger partial charge in [0.1, 0.15) is 0 Å². The number of carbonyl (C=O) groups is 1. The topological polar surface area (TPSA) is 69.9 Å². The SMILES string of the molecule is CCCCCCCC/C=C/CCCCCC/C(=N\O)C(=O)O. The molecule has 0 aromatic carbocycles. The standard InChI is InChI=1S/C18H33NO3/c1-2-3-4-5-6-7-8-9-10-11-12-13-14-15-16-17(19-22)18(20)21/h9-10,22H,2-8,11-16H2,1H3,(H,20,21)/b10-9+,19-17+. The van der Waals surface area contributed by atoms with E-state index in [1.807, 2.05) is 0 Å². The lowest BCUT2D eigenvalue weighted by molar-refractivity contribution is -0.129. The Morgan fingerprint density at radius 2 is 1.36 bits per heavy atom. The van der Waals surface area contributed by atoms with Crippen molar-refractivity contribution in [3.05, 3.63) is 12.2 Å². The van der Waals surface area contributed by atoms with Crippen LogP contribution in [0.2, 0.25) is 0 Å². The zero-order chi connectivity index (χ0) is 16.5. The highest BCUT2D eigenvalue weighted by molar-refractivity contribution is 6.35. The van der Waals surface area contributed by atoms with Crippen LogP contribution >= 0.6 is 0 Å². The van der Waals surface area contributed by atoms with Crippen molar-refractivity contribution in [3.63, 3.8) is 0 Å². The van der Waals surface area contributed by atoms with Crippen molar-refractivity contribution in [1.29, 1.82) is 0 Å². The maximum atomic E-state index is 10.6. The summed E-state index contributed by atoms with van der Waals surface area (Å²) in [6.07, 6.45) is 19.3. The third-order valence-corrected chi connectivity index (χ3v) is 3.79. The van der Waals surface area contributed by atoms with Crippen LogP contribution in [0.1, 0.15) is 90.4 Å². The fourth-order valence-corrected chi connectivity index (χ4v) is 2.39. The summed E-state index contributed by atoms with van der Waals surface area (Å²) in [6, 6.07) is 0. The Hall–Kier alpha value is -1.32. The van der Waals surface area contributed by atoms with E-state index >= 15 is 0 Å². The predicted molar refractivity (Wildman–Crippen MR) is 91.7 cm³/mol. The van der Waals surface area contributed by atoms with Gasteiger partial charge in [-0.15, -0.1) is 0 Å². The monoisotopic (exact) mass is 311 g/mol. The maximum Gasteiger partial charge on any atom is 0.353 e. The number of carboxylic acids is 1. The fraction of sp³-hybridized carbons (Fsp3) is 0.778. The lowest BCUT2D eigenvalue weighted by atomic mass is 10.1. The number of oxime groups is 1. The number of unbranched alkanes of at least 4 members (excludes halogenated alkanes) is 10. The molecular formula is C18H33NO3. The summed E-state index contributed by atoms with van der Waals surface area (Å²) in [5, 5.41) is 20.0. The number of rotatable bonds is 15. The summed E-state index contributed by atoms with van der Waals surface area (Å²) in [7, 11) is 0. The molecule has 2 N–H and O–H groups in total. The first-order valence-corrected chi connectivity index (χ1v) is 8.81. The molecule has 4 nitrogen and oxygen atoms in total. The predicted octanol–water partition coefficient (Wildman–Crippen LogP) is 5.55. The van der Waals surface area contributed by atoms with Gasteiger partial charge in [0, 0.05) is 6.42 Å². The number of hydrogen-bond acceptors (Lipinski definition) is 3. The molecule has 22 heavy (non-hydrogen) atoms. The van der Waals surface area contributed by atoms with Crippen LogP contribution in [0.5, 0.6) is 0 Å². The number of nitrogens with zero attached hydrogens (tertiary/aromatic N) is 1. The molecule has 0 aliphatic carbocycles. The molecule has 0 aromatic rings. The molecule has 0 rings (SSSR count). The average molecular weight is 311 g/mol. The second-order valence-corrected chi connectivity index (χ2v) is 5.83. The summed E-state index contributed by atoms with van der Waals surface area (Å²) >= 11 is 0. The summed E-state index contributed by atoms with van der Waals surface area (Å²) in [4.78, 5) is 10.6. The van der Waals surface area contributed by atoms with Gasteiger partial charge in [0.2, 0.25) is 0 Å². The van der Waals surface area contributed by atoms with Crippen molar-refractivity contribution < 1.29 is 15.1 Å². The van der Waals surface area contributed by atoms with E-state index in [0.29, 0.717) is 6.42 Å². The van der Waals surface area contributed by atoms with E-state index in [9.17, 15) is 4.79 Å². The normalized spacial score (nSPS) is 12.1. The van der Waals surface area contributed by atoms with Crippen molar-refractivity contribution in [2.24, 2.45) is 5.16 Å². The van der Waals surface area contributed by atoms with Crippen molar-refractivity contribution in [2.75, 3.05) is 0 Å². The minimum absolute atomic E-state index is 0.140. The average Bonchev–Trinajstić information content (AvgIpc) is 2.51. The summed E-state index contributed by atoms with van der Waals surface area (Å²) in [6.45, 7) is 2.24. The largest absolute Gasteiger partial charge is 0.477 e. The van der Waals surface area contributed by atoms with Crippen LogP contribution in [-0.2, 0) is 4.79 Å². The Labute approximate surface area is 135 Å². The van der Waals surface area contributed by atoms with Gasteiger partial charge in [0.25, 0.3) is 0 Å². The molecule has 0 aliphatic heterocycles. The van der Waals surface area contributed by atoms with Crippen LogP contribution in [0.25, 0.3) is 0 Å². The molecule has 0 heterocycles. The molecule has 0 unspecified atom stereocenters. The quantitative estimate of drug-likeness (QED) is 0.137. The first-order chi connectivity index (χ1) is 10.7. The van der Waals surface area contributed by atoms with Crippen LogP contribution in [0, 0.1) is 0 Å². The zero-order valence-electron chi connectivity index (χ0n) is 14.1. The molecule has 0 spiro atoms. The number of carboxylic acid groups (broad SMARTS) is 1. The van der Waals surface area contributed by atoms with Gasteiger partial charge in [0.15, 0.2) is 5.71 Å². The molecule has 0 atom stereocenters. The van der Waals surface area contributed by atoms with Gasteiger partial charge in [-0.1, -0.05) is 69.2 Å². The first-order valence-electron chi connectivity index (χ1n) is 8.81. The van der Waals surface area contributed by atoms with E-state index in [1.54, 1.807) is 0 Å². The molecule has 0 aliphatic rings. The van der Waals surface area contributed by atoms with Crippen LogP contribution < -0.4 is 0 Å². The van der Waals surface area contributed by atoms with Crippen LogP contribution in [-0.4, -0.2) is 22.0 Å². The highest BCUT2D eigenvalue weighted by Gasteiger charge is 2.08. The molecular weight excluding hydrogens is 278 g/mol. The van der Waals surface area contributed by atoms with Gasteiger partial charge in [-0.05, 0) is 32.1 Å². The zero-order valence-corrected chi connectivity index (χ0v) is 14.1. The van der Waals surface area contributed by atoms with E-state index < -0.39 is 5.97 Å². The van der Waals surface area contributed by atoms with Crippen LogP contribution in [0.3, 0.4) is 0 Å². The Balaban J connectivity index is 3.29. The van der Waals surface area contributed by atoms with Gasteiger partial charge in [0.05, 0.1) is 0 Å². The fourth-order valence-electron chi connectivity index (χ4n) is 2.39. The minimum Gasteiger partial charge on any atom is -0.477 e.